The van der Waals surface area contributed by atoms with Crippen molar-refractivity contribution in [3.63, 3.8) is 0 Å². The maximum absolute atomic E-state index is 11.4. The van der Waals surface area contributed by atoms with Gasteiger partial charge in [0, 0.05) is 24.1 Å². The molecule has 4 nitrogen and oxygen atoms in total. The number of carbonyl (C=O) groups is 1. The highest BCUT2D eigenvalue weighted by molar-refractivity contribution is 5.89. The lowest BCUT2D eigenvalue weighted by molar-refractivity contribution is 0.0695. The zero-order valence-corrected chi connectivity index (χ0v) is 15.8. The van der Waals surface area contributed by atoms with E-state index in [9.17, 15) is 9.90 Å². The van der Waals surface area contributed by atoms with Crippen molar-refractivity contribution >= 4 is 11.7 Å². The van der Waals surface area contributed by atoms with Gasteiger partial charge in [-0.05, 0) is 85.8 Å². The number of pyridine rings is 1. The summed E-state index contributed by atoms with van der Waals surface area (Å²) in [4.78, 5) is 15.5. The maximum Gasteiger partial charge on any atom is 0.336 e. The van der Waals surface area contributed by atoms with Crippen molar-refractivity contribution in [3.8, 4) is 0 Å². The SMILES string of the molecule is O=C(O)c1ccncc1CC[C@@H]1CCCc2cc(NC3CCCC3)ccc21. The van der Waals surface area contributed by atoms with Crippen LogP contribution in [0, 0.1) is 0 Å². The normalized spacial score (nSPS) is 19.6. The van der Waals surface area contributed by atoms with Gasteiger partial charge >= 0.3 is 5.97 Å². The van der Waals surface area contributed by atoms with Gasteiger partial charge in [0.1, 0.15) is 0 Å². The lowest BCUT2D eigenvalue weighted by atomic mass is 9.79. The van der Waals surface area contributed by atoms with Gasteiger partial charge < -0.3 is 10.4 Å². The monoisotopic (exact) mass is 364 g/mol. The van der Waals surface area contributed by atoms with Crippen LogP contribution in [0.15, 0.2) is 36.7 Å². The first kappa shape index (κ1) is 18.0. The average molecular weight is 364 g/mol. The Balaban J connectivity index is 1.46. The number of hydrogen-bond donors (Lipinski definition) is 2. The Kier molecular flexibility index (Phi) is 5.42. The summed E-state index contributed by atoms with van der Waals surface area (Å²) in [5, 5.41) is 13.1. The molecule has 1 atom stereocenters. The quantitative estimate of drug-likeness (QED) is 0.741. The van der Waals surface area contributed by atoms with E-state index in [4.69, 9.17) is 0 Å². The van der Waals surface area contributed by atoms with Gasteiger partial charge in [0.15, 0.2) is 0 Å². The van der Waals surface area contributed by atoms with Crippen molar-refractivity contribution in [1.29, 1.82) is 0 Å². The zero-order valence-electron chi connectivity index (χ0n) is 15.8. The Labute approximate surface area is 161 Å². The molecule has 2 aliphatic carbocycles. The number of nitrogens with one attached hydrogen (secondary N) is 1. The van der Waals surface area contributed by atoms with Gasteiger partial charge in [-0.15, -0.1) is 0 Å². The second-order valence-corrected chi connectivity index (χ2v) is 8.01. The molecule has 0 unspecified atom stereocenters. The average Bonchev–Trinajstić information content (AvgIpc) is 3.19. The van der Waals surface area contributed by atoms with Crippen molar-refractivity contribution in [1.82, 2.24) is 4.98 Å². The number of fused-ring (bicyclic) bond motifs is 1. The predicted octanol–water partition coefficient (Wildman–Crippen LogP) is 5.19. The van der Waals surface area contributed by atoms with E-state index in [1.807, 2.05) is 0 Å². The van der Waals surface area contributed by atoms with Crippen LogP contribution >= 0.6 is 0 Å². The first-order chi connectivity index (χ1) is 13.2. The lowest BCUT2D eigenvalue weighted by Gasteiger charge is -2.27. The summed E-state index contributed by atoms with van der Waals surface area (Å²) in [5.41, 5.74) is 5.42. The maximum atomic E-state index is 11.4. The molecule has 0 bridgehead atoms. The number of aryl methyl sites for hydroxylation is 2. The van der Waals surface area contributed by atoms with E-state index in [1.54, 1.807) is 18.5 Å². The van der Waals surface area contributed by atoms with Crippen LogP contribution in [-0.4, -0.2) is 22.1 Å². The van der Waals surface area contributed by atoms with Gasteiger partial charge in [-0.25, -0.2) is 4.79 Å². The molecule has 4 rings (SSSR count). The molecule has 0 spiro atoms. The highest BCUT2D eigenvalue weighted by Gasteiger charge is 2.22. The van der Waals surface area contributed by atoms with Gasteiger partial charge in [0.2, 0.25) is 0 Å². The molecule has 142 valence electrons. The standard InChI is InChI=1S/C23H28N2O2/c26-23(27)22-12-13-24-15-18(22)9-8-16-4-3-5-17-14-20(10-11-21(16)17)25-19-6-1-2-7-19/h10-16,19,25H,1-9H2,(H,26,27)/t16-/m0/s1. The molecule has 2 aromatic rings. The van der Waals surface area contributed by atoms with E-state index >= 15 is 0 Å². The van der Waals surface area contributed by atoms with Crippen LogP contribution in [0.3, 0.4) is 0 Å². The van der Waals surface area contributed by atoms with E-state index in [1.165, 1.54) is 55.3 Å². The zero-order chi connectivity index (χ0) is 18.6. The predicted molar refractivity (Wildman–Crippen MR) is 108 cm³/mol. The summed E-state index contributed by atoms with van der Waals surface area (Å²) in [6, 6.07) is 9.14. The molecule has 1 aromatic carbocycles. The van der Waals surface area contributed by atoms with Crippen molar-refractivity contribution in [2.24, 2.45) is 0 Å². The van der Waals surface area contributed by atoms with Crippen LogP contribution in [-0.2, 0) is 12.8 Å². The van der Waals surface area contributed by atoms with Gasteiger partial charge in [-0.1, -0.05) is 18.9 Å². The molecule has 0 radical (unpaired) electrons. The number of carboxylic acids is 1. The third-order valence-electron chi connectivity index (χ3n) is 6.20. The molecule has 27 heavy (non-hydrogen) atoms. The summed E-state index contributed by atoms with van der Waals surface area (Å²) >= 11 is 0. The minimum atomic E-state index is -0.862. The van der Waals surface area contributed by atoms with Crippen molar-refractivity contribution in [3.05, 3.63) is 58.9 Å². The summed E-state index contributed by atoms with van der Waals surface area (Å²) in [7, 11) is 0. The smallest absolute Gasteiger partial charge is 0.336 e. The molecular weight excluding hydrogens is 336 g/mol. The molecule has 2 N–H and O–H groups in total. The number of aromatic nitrogens is 1. The fraction of sp³-hybridized carbons (Fsp3) is 0.478. The largest absolute Gasteiger partial charge is 0.478 e. The third kappa shape index (κ3) is 4.15. The van der Waals surface area contributed by atoms with Crippen LogP contribution in [0.4, 0.5) is 5.69 Å². The van der Waals surface area contributed by atoms with Gasteiger partial charge in [-0.2, -0.15) is 0 Å². The lowest BCUT2D eigenvalue weighted by Crippen LogP contribution is -2.16. The Bertz CT molecular complexity index is 812. The topological polar surface area (TPSA) is 62.2 Å². The van der Waals surface area contributed by atoms with Crippen LogP contribution in [0.5, 0.6) is 0 Å². The van der Waals surface area contributed by atoms with Crippen molar-refractivity contribution in [2.45, 2.75) is 69.7 Å². The summed E-state index contributed by atoms with van der Waals surface area (Å²) in [6.45, 7) is 0. The molecule has 0 saturated heterocycles. The van der Waals surface area contributed by atoms with Crippen molar-refractivity contribution in [2.75, 3.05) is 5.32 Å². The van der Waals surface area contributed by atoms with E-state index in [2.05, 4.69) is 28.5 Å². The van der Waals surface area contributed by atoms with Gasteiger partial charge in [-0.3, -0.25) is 4.98 Å². The molecule has 1 saturated carbocycles. The van der Waals surface area contributed by atoms with E-state index in [0.29, 0.717) is 17.5 Å². The number of aromatic carboxylic acids is 1. The summed E-state index contributed by atoms with van der Waals surface area (Å²) < 4.78 is 0. The first-order valence-corrected chi connectivity index (χ1v) is 10.3. The minimum absolute atomic E-state index is 0.386. The third-order valence-corrected chi connectivity index (χ3v) is 6.20. The van der Waals surface area contributed by atoms with Crippen LogP contribution in [0.25, 0.3) is 0 Å². The number of rotatable bonds is 6. The fourth-order valence-corrected chi connectivity index (χ4v) is 4.78. The Morgan fingerprint density at radius 1 is 1.15 bits per heavy atom. The highest BCUT2D eigenvalue weighted by atomic mass is 16.4. The van der Waals surface area contributed by atoms with E-state index in [-0.39, 0.29) is 0 Å². The highest BCUT2D eigenvalue weighted by Crippen LogP contribution is 2.36. The number of nitrogens with zero attached hydrogens (tertiary/aromatic N) is 1. The Hall–Kier alpha value is -2.36. The Morgan fingerprint density at radius 3 is 2.81 bits per heavy atom. The number of hydrogen-bond acceptors (Lipinski definition) is 3. The van der Waals surface area contributed by atoms with Crippen molar-refractivity contribution < 1.29 is 9.90 Å². The van der Waals surface area contributed by atoms with Crippen LogP contribution in [0.1, 0.15) is 77.9 Å². The van der Waals surface area contributed by atoms with Crippen LogP contribution in [0.2, 0.25) is 0 Å². The minimum Gasteiger partial charge on any atom is -0.478 e. The second kappa shape index (κ2) is 8.12. The number of anilines is 1. The van der Waals surface area contributed by atoms with Gasteiger partial charge in [0.25, 0.3) is 0 Å². The summed E-state index contributed by atoms with van der Waals surface area (Å²) in [6.07, 6.45) is 13.8. The Morgan fingerprint density at radius 2 is 2.00 bits per heavy atom. The number of benzene rings is 1. The first-order valence-electron chi connectivity index (χ1n) is 10.3. The molecule has 2 aliphatic rings. The molecular formula is C23H28N2O2. The molecule has 0 amide bonds. The van der Waals surface area contributed by atoms with E-state index < -0.39 is 5.97 Å². The molecule has 1 fully saturated rings. The van der Waals surface area contributed by atoms with Crippen LogP contribution < -0.4 is 5.32 Å². The molecule has 0 aliphatic heterocycles. The molecule has 1 aromatic heterocycles. The van der Waals surface area contributed by atoms with E-state index in [0.717, 1.165) is 24.8 Å². The molecule has 4 heteroatoms. The van der Waals surface area contributed by atoms with Gasteiger partial charge in [0.05, 0.1) is 5.56 Å². The molecule has 1 heterocycles. The fourth-order valence-electron chi connectivity index (χ4n) is 4.78. The summed E-state index contributed by atoms with van der Waals surface area (Å²) in [5.74, 6) is -0.352. The second-order valence-electron chi connectivity index (χ2n) is 8.01. The number of carboxylic acid groups (broad SMARTS) is 1.